The summed E-state index contributed by atoms with van der Waals surface area (Å²) in [5.74, 6) is -2.36. The molecule has 7 heteroatoms. The Bertz CT molecular complexity index is 927. The molecule has 1 fully saturated rings. The summed E-state index contributed by atoms with van der Waals surface area (Å²) in [4.78, 5) is 12.9. The molecule has 1 N–H and O–H groups in total. The van der Waals surface area contributed by atoms with Gasteiger partial charge in [0.25, 0.3) is 0 Å². The highest BCUT2D eigenvalue weighted by atomic mass is 19.2. The second-order valence-electron chi connectivity index (χ2n) is 8.90. The van der Waals surface area contributed by atoms with Crippen LogP contribution in [0.5, 0.6) is 0 Å². The zero-order valence-corrected chi connectivity index (χ0v) is 17.3. The van der Waals surface area contributed by atoms with E-state index in [1.165, 1.54) is 17.0 Å². The molecular formula is C23H26F3N2O2-. The number of nitrogens with zero attached hydrogens (tertiary/aromatic N) is 1. The van der Waals surface area contributed by atoms with E-state index in [1.54, 1.807) is 12.1 Å². The number of carbonyl (C=O) groups excluding carboxylic acids is 1. The van der Waals surface area contributed by atoms with E-state index in [2.05, 4.69) is 5.32 Å². The summed E-state index contributed by atoms with van der Waals surface area (Å²) in [6.45, 7) is 6.27. The lowest BCUT2D eigenvalue weighted by Crippen LogP contribution is -2.57. The van der Waals surface area contributed by atoms with E-state index in [0.29, 0.717) is 36.2 Å². The third kappa shape index (κ3) is 4.89. The van der Waals surface area contributed by atoms with Crippen molar-refractivity contribution in [1.82, 2.24) is 4.90 Å². The lowest BCUT2D eigenvalue weighted by atomic mass is 9.79. The third-order valence-corrected chi connectivity index (χ3v) is 5.68. The normalized spacial score (nSPS) is 19.6. The first-order valence-corrected chi connectivity index (χ1v) is 10.0. The van der Waals surface area contributed by atoms with Gasteiger partial charge >= 0.3 is 0 Å². The van der Waals surface area contributed by atoms with Gasteiger partial charge in [0, 0.05) is 36.3 Å². The molecule has 1 aliphatic rings. The van der Waals surface area contributed by atoms with Crippen LogP contribution in [0.4, 0.5) is 23.7 Å². The molecule has 2 unspecified atom stereocenters. The summed E-state index contributed by atoms with van der Waals surface area (Å²) in [5.41, 5.74) is 1.11. The van der Waals surface area contributed by atoms with Crippen LogP contribution in [-0.4, -0.2) is 29.6 Å². The maximum atomic E-state index is 14.6. The molecule has 162 valence electrons. The number of halogens is 3. The maximum absolute atomic E-state index is 14.6. The number of likely N-dealkylation sites (tertiary alicyclic amines) is 1. The van der Waals surface area contributed by atoms with Crippen molar-refractivity contribution < 1.29 is 23.1 Å². The van der Waals surface area contributed by atoms with Crippen molar-refractivity contribution in [3.8, 4) is 0 Å². The van der Waals surface area contributed by atoms with Crippen LogP contribution in [0.1, 0.15) is 44.7 Å². The number of amides is 1. The minimum absolute atomic E-state index is 0.0599. The van der Waals surface area contributed by atoms with E-state index in [1.807, 2.05) is 20.8 Å². The molecule has 0 bridgehead atoms. The fraction of sp³-hybridized carbons (Fsp3) is 0.435. The quantitative estimate of drug-likeness (QED) is 0.803. The van der Waals surface area contributed by atoms with Crippen LogP contribution in [0, 0.1) is 22.9 Å². The monoisotopic (exact) mass is 419 g/mol. The molecule has 1 aliphatic heterocycles. The Morgan fingerprint density at radius 1 is 1.13 bits per heavy atom. The van der Waals surface area contributed by atoms with Gasteiger partial charge in [0.05, 0.1) is 0 Å². The Labute approximate surface area is 174 Å². The first-order valence-electron chi connectivity index (χ1n) is 10.0. The first-order chi connectivity index (χ1) is 14.1. The van der Waals surface area contributed by atoms with Crippen molar-refractivity contribution in [2.24, 2.45) is 5.41 Å². The van der Waals surface area contributed by atoms with Gasteiger partial charge in [-0.3, -0.25) is 0 Å². The Morgan fingerprint density at radius 2 is 1.87 bits per heavy atom. The van der Waals surface area contributed by atoms with Crippen LogP contribution >= 0.6 is 0 Å². The molecule has 1 saturated heterocycles. The van der Waals surface area contributed by atoms with E-state index in [0.717, 1.165) is 12.1 Å². The zero-order chi connectivity index (χ0) is 22.1. The first kappa shape index (κ1) is 22.0. The molecule has 0 aromatic heterocycles. The Kier molecular flexibility index (Phi) is 6.29. The highest BCUT2D eigenvalue weighted by molar-refractivity contribution is 5.63. The molecule has 4 nitrogen and oxygen atoms in total. The van der Waals surface area contributed by atoms with Gasteiger partial charge in [0.1, 0.15) is 11.9 Å². The van der Waals surface area contributed by atoms with Gasteiger partial charge in [-0.1, -0.05) is 32.9 Å². The van der Waals surface area contributed by atoms with Crippen molar-refractivity contribution in [2.45, 2.75) is 52.1 Å². The van der Waals surface area contributed by atoms with Crippen LogP contribution in [0.2, 0.25) is 0 Å². The van der Waals surface area contributed by atoms with E-state index in [9.17, 15) is 23.1 Å². The minimum atomic E-state index is -1.18. The Morgan fingerprint density at radius 3 is 2.50 bits per heavy atom. The standard InChI is InChI=1S/C23H27F3N2O2/c1-23(2,3)21-13-15(9-10-28(21)22(29)30)27-20-6-4-5-17(24)16(20)11-14-7-8-18(25)19(26)12-14/h4-8,12,15,21,27H,9-11,13H2,1-3H3,(H,29,30)/p-1. The summed E-state index contributed by atoms with van der Waals surface area (Å²) < 4.78 is 41.4. The summed E-state index contributed by atoms with van der Waals surface area (Å²) in [6, 6.07) is 7.90. The summed E-state index contributed by atoms with van der Waals surface area (Å²) >= 11 is 0. The summed E-state index contributed by atoms with van der Waals surface area (Å²) in [5, 5.41) is 14.9. The number of nitrogens with one attached hydrogen (secondary N) is 1. The van der Waals surface area contributed by atoms with Gasteiger partial charge in [0.15, 0.2) is 11.6 Å². The number of anilines is 1. The van der Waals surface area contributed by atoms with Gasteiger partial charge in [-0.2, -0.15) is 0 Å². The van der Waals surface area contributed by atoms with Gasteiger partial charge in [-0.15, -0.1) is 0 Å². The Balaban J connectivity index is 1.82. The fourth-order valence-electron chi connectivity index (χ4n) is 4.08. The molecule has 3 rings (SSSR count). The fourth-order valence-corrected chi connectivity index (χ4v) is 4.08. The highest BCUT2D eigenvalue weighted by Crippen LogP contribution is 2.34. The Hall–Kier alpha value is -2.70. The molecule has 30 heavy (non-hydrogen) atoms. The smallest absolute Gasteiger partial charge is 0.159 e. The van der Waals surface area contributed by atoms with Crippen LogP contribution in [0.15, 0.2) is 36.4 Å². The molecular weight excluding hydrogens is 393 g/mol. The number of benzene rings is 2. The molecule has 2 aromatic carbocycles. The summed E-state index contributed by atoms with van der Waals surface area (Å²) in [7, 11) is 0. The van der Waals surface area contributed by atoms with Crippen molar-refractivity contribution in [3.63, 3.8) is 0 Å². The maximum Gasteiger partial charge on any atom is 0.159 e. The lowest BCUT2D eigenvalue weighted by Gasteiger charge is -2.47. The molecule has 2 aromatic rings. The van der Waals surface area contributed by atoms with Gasteiger partial charge < -0.3 is 20.1 Å². The molecule has 0 aliphatic carbocycles. The van der Waals surface area contributed by atoms with Gasteiger partial charge in [-0.25, -0.2) is 13.2 Å². The van der Waals surface area contributed by atoms with Crippen molar-refractivity contribution in [3.05, 3.63) is 65.0 Å². The molecule has 1 amide bonds. The number of hydrogen-bond acceptors (Lipinski definition) is 3. The van der Waals surface area contributed by atoms with E-state index in [-0.39, 0.29) is 23.9 Å². The van der Waals surface area contributed by atoms with Gasteiger partial charge in [0.2, 0.25) is 0 Å². The zero-order valence-electron chi connectivity index (χ0n) is 17.3. The molecule has 0 radical (unpaired) electrons. The predicted octanol–water partition coefficient (Wildman–Crippen LogP) is 4.33. The molecule has 0 spiro atoms. The largest absolute Gasteiger partial charge is 0.530 e. The minimum Gasteiger partial charge on any atom is -0.530 e. The number of carboxylic acid groups (broad SMARTS) is 1. The number of hydrogen-bond donors (Lipinski definition) is 1. The van der Waals surface area contributed by atoms with Crippen LogP contribution in [0.25, 0.3) is 0 Å². The van der Waals surface area contributed by atoms with Crippen molar-refractivity contribution in [2.75, 3.05) is 11.9 Å². The molecule has 2 atom stereocenters. The number of piperidine rings is 1. The topological polar surface area (TPSA) is 55.4 Å². The van der Waals surface area contributed by atoms with Crippen LogP contribution in [0.3, 0.4) is 0 Å². The average molecular weight is 419 g/mol. The van der Waals surface area contributed by atoms with Crippen molar-refractivity contribution >= 4 is 11.8 Å². The third-order valence-electron chi connectivity index (χ3n) is 5.68. The van der Waals surface area contributed by atoms with Crippen molar-refractivity contribution in [1.29, 1.82) is 0 Å². The molecule has 1 heterocycles. The lowest BCUT2D eigenvalue weighted by molar-refractivity contribution is -0.271. The van der Waals surface area contributed by atoms with E-state index < -0.39 is 23.5 Å². The summed E-state index contributed by atoms with van der Waals surface area (Å²) in [6.07, 6.45) is 0.0331. The second-order valence-corrected chi connectivity index (χ2v) is 8.90. The molecule has 0 saturated carbocycles. The van der Waals surface area contributed by atoms with E-state index in [4.69, 9.17) is 0 Å². The van der Waals surface area contributed by atoms with Crippen LogP contribution in [-0.2, 0) is 6.42 Å². The second kappa shape index (κ2) is 8.58. The average Bonchev–Trinajstić information content (AvgIpc) is 2.66. The van der Waals surface area contributed by atoms with E-state index >= 15 is 0 Å². The van der Waals surface area contributed by atoms with Crippen LogP contribution < -0.4 is 10.4 Å². The highest BCUT2D eigenvalue weighted by Gasteiger charge is 2.36. The van der Waals surface area contributed by atoms with Gasteiger partial charge in [-0.05, 0) is 48.1 Å². The SMILES string of the molecule is CC(C)(C)C1CC(Nc2cccc(F)c2Cc2ccc(F)c(F)c2)CCN1C(=O)[O-]. The predicted molar refractivity (Wildman–Crippen MR) is 108 cm³/mol. The number of rotatable bonds is 4. The number of carbonyl (C=O) groups is 1.